The number of anilines is 2. The van der Waals surface area contributed by atoms with Gasteiger partial charge < -0.3 is 10.2 Å². The Morgan fingerprint density at radius 1 is 1.26 bits per heavy atom. The summed E-state index contributed by atoms with van der Waals surface area (Å²) in [5.74, 6) is -4.27. The molecule has 1 heterocycles. The molecule has 1 saturated heterocycles. The summed E-state index contributed by atoms with van der Waals surface area (Å²) in [6.07, 6.45) is 0.192. The number of rotatable bonds is 4. The second kappa shape index (κ2) is 7.10. The van der Waals surface area contributed by atoms with E-state index in [0.29, 0.717) is 0 Å². The second-order valence-electron chi connectivity index (χ2n) is 6.13. The topological polar surface area (TPSA) is 92.6 Å². The van der Waals surface area contributed by atoms with Crippen molar-refractivity contribution in [3.63, 3.8) is 0 Å². The first-order chi connectivity index (χ1) is 12.8. The molecular weight excluding hydrogens is 360 g/mol. The van der Waals surface area contributed by atoms with E-state index in [9.17, 15) is 28.5 Å². The van der Waals surface area contributed by atoms with E-state index in [1.807, 2.05) is 0 Å². The minimum Gasteiger partial charge on any atom is -0.325 e. The molecule has 2 amide bonds. The zero-order valence-corrected chi connectivity index (χ0v) is 14.2. The van der Waals surface area contributed by atoms with Gasteiger partial charge in [-0.05, 0) is 31.5 Å². The van der Waals surface area contributed by atoms with Gasteiger partial charge in [-0.2, -0.15) is 0 Å². The van der Waals surface area contributed by atoms with Crippen LogP contribution in [0.1, 0.15) is 12.0 Å². The molecule has 0 bridgehead atoms. The smallest absolute Gasteiger partial charge is 0.274 e. The minimum atomic E-state index is -1.08. The summed E-state index contributed by atoms with van der Waals surface area (Å²) in [4.78, 5) is 36.7. The fourth-order valence-electron chi connectivity index (χ4n) is 3.01. The minimum absolute atomic E-state index is 0.144. The molecule has 0 aliphatic carbocycles. The number of hydrogen-bond donors (Lipinski definition) is 1. The molecule has 7 nitrogen and oxygen atoms in total. The quantitative estimate of drug-likeness (QED) is 0.505. The van der Waals surface area contributed by atoms with Crippen LogP contribution >= 0.6 is 0 Å². The summed E-state index contributed by atoms with van der Waals surface area (Å²) in [7, 11) is 0. The zero-order chi connectivity index (χ0) is 19.7. The first kappa shape index (κ1) is 18.4. The maximum Gasteiger partial charge on any atom is 0.274 e. The van der Waals surface area contributed by atoms with Crippen LogP contribution in [0.25, 0.3) is 0 Å². The number of hydrogen-bond acceptors (Lipinski definition) is 4. The van der Waals surface area contributed by atoms with E-state index in [1.165, 1.54) is 36.1 Å². The maximum absolute atomic E-state index is 13.4. The van der Waals surface area contributed by atoms with E-state index in [1.54, 1.807) is 0 Å². The van der Waals surface area contributed by atoms with Crippen molar-refractivity contribution in [1.29, 1.82) is 0 Å². The van der Waals surface area contributed by atoms with Crippen LogP contribution in [0.15, 0.2) is 36.4 Å². The molecule has 1 N–H and O–H groups in total. The van der Waals surface area contributed by atoms with Crippen molar-refractivity contribution >= 4 is 28.9 Å². The van der Waals surface area contributed by atoms with Crippen molar-refractivity contribution in [2.45, 2.75) is 13.3 Å². The molecule has 9 heteroatoms. The van der Waals surface area contributed by atoms with Gasteiger partial charge in [0.2, 0.25) is 11.8 Å². The van der Waals surface area contributed by atoms with Crippen LogP contribution in [-0.4, -0.2) is 23.3 Å². The van der Waals surface area contributed by atoms with Crippen LogP contribution < -0.4 is 10.2 Å². The van der Waals surface area contributed by atoms with Gasteiger partial charge >= 0.3 is 0 Å². The molecule has 0 saturated carbocycles. The molecule has 0 radical (unpaired) electrons. The standard InChI is InChI=1S/C18H15F2N3O4/c1-10-15(3-2-4-16(10)23(26)27)21-17(24)12-7-8-22(18(12)25)11-5-6-13(19)14(20)9-11/h2-6,9,12H,7-8H2,1H3,(H,21,24). The first-order valence-electron chi connectivity index (χ1n) is 8.11. The van der Waals surface area contributed by atoms with Crippen LogP contribution in [0, 0.1) is 34.6 Å². The largest absolute Gasteiger partial charge is 0.325 e. The first-order valence-corrected chi connectivity index (χ1v) is 8.11. The van der Waals surface area contributed by atoms with Gasteiger partial charge in [0, 0.05) is 24.4 Å². The van der Waals surface area contributed by atoms with Gasteiger partial charge in [0.25, 0.3) is 5.69 Å². The molecule has 2 aromatic rings. The van der Waals surface area contributed by atoms with Crippen molar-refractivity contribution in [2.75, 3.05) is 16.8 Å². The van der Waals surface area contributed by atoms with Crippen molar-refractivity contribution in [3.05, 3.63) is 63.7 Å². The van der Waals surface area contributed by atoms with Crippen molar-refractivity contribution in [3.8, 4) is 0 Å². The Balaban J connectivity index is 1.77. The number of benzene rings is 2. The van der Waals surface area contributed by atoms with Gasteiger partial charge in [0.05, 0.1) is 16.2 Å². The Morgan fingerprint density at radius 3 is 2.67 bits per heavy atom. The summed E-state index contributed by atoms with van der Waals surface area (Å²) in [5, 5.41) is 13.5. The van der Waals surface area contributed by atoms with E-state index >= 15 is 0 Å². The van der Waals surface area contributed by atoms with Crippen LogP contribution in [0.2, 0.25) is 0 Å². The Hall–Kier alpha value is -3.36. The summed E-state index contributed by atoms with van der Waals surface area (Å²) in [6, 6.07) is 7.34. The van der Waals surface area contributed by atoms with Crippen LogP contribution in [0.4, 0.5) is 25.8 Å². The zero-order valence-electron chi connectivity index (χ0n) is 14.2. The fourth-order valence-corrected chi connectivity index (χ4v) is 3.01. The third-order valence-electron chi connectivity index (χ3n) is 4.50. The van der Waals surface area contributed by atoms with E-state index in [2.05, 4.69) is 5.32 Å². The number of nitrogens with zero attached hydrogens (tertiary/aromatic N) is 2. The summed E-state index contributed by atoms with van der Waals surface area (Å²) in [6.45, 7) is 1.67. The molecule has 0 spiro atoms. The van der Waals surface area contributed by atoms with Gasteiger partial charge in [0.15, 0.2) is 11.6 Å². The fraction of sp³-hybridized carbons (Fsp3) is 0.222. The lowest BCUT2D eigenvalue weighted by atomic mass is 10.1. The predicted molar refractivity (Wildman–Crippen MR) is 93.3 cm³/mol. The summed E-state index contributed by atoms with van der Waals surface area (Å²) in [5.41, 5.74) is 0.543. The Labute approximate surface area is 152 Å². The van der Waals surface area contributed by atoms with E-state index < -0.39 is 34.3 Å². The number of nitro groups is 1. The number of nitrogens with one attached hydrogen (secondary N) is 1. The molecule has 2 aromatic carbocycles. The molecule has 27 heavy (non-hydrogen) atoms. The van der Waals surface area contributed by atoms with Crippen LogP contribution in [0.5, 0.6) is 0 Å². The van der Waals surface area contributed by atoms with Crippen molar-refractivity contribution < 1.29 is 23.3 Å². The van der Waals surface area contributed by atoms with Gasteiger partial charge in [-0.15, -0.1) is 0 Å². The molecule has 0 aromatic heterocycles. The molecule has 3 rings (SSSR count). The SMILES string of the molecule is Cc1c(NC(=O)C2CCN(c3ccc(F)c(F)c3)C2=O)cccc1[N+](=O)[O-]. The molecule has 1 unspecified atom stereocenters. The van der Waals surface area contributed by atoms with Gasteiger partial charge in [0.1, 0.15) is 5.92 Å². The highest BCUT2D eigenvalue weighted by molar-refractivity contribution is 6.13. The average Bonchev–Trinajstić information content (AvgIpc) is 3.00. The molecule has 1 aliphatic heterocycles. The van der Waals surface area contributed by atoms with Crippen molar-refractivity contribution in [2.24, 2.45) is 5.92 Å². The lowest BCUT2D eigenvalue weighted by Crippen LogP contribution is -2.33. The Bertz CT molecular complexity index is 948. The van der Waals surface area contributed by atoms with Crippen LogP contribution in [0.3, 0.4) is 0 Å². The monoisotopic (exact) mass is 375 g/mol. The number of amides is 2. The lowest BCUT2D eigenvalue weighted by Gasteiger charge is -2.17. The number of nitro benzene ring substituents is 1. The number of carbonyl (C=O) groups excluding carboxylic acids is 2. The number of halogens is 2. The normalized spacial score (nSPS) is 16.5. The van der Waals surface area contributed by atoms with Crippen molar-refractivity contribution in [1.82, 2.24) is 0 Å². The Kier molecular flexibility index (Phi) is 4.85. The highest BCUT2D eigenvalue weighted by Crippen LogP contribution is 2.29. The molecular formula is C18H15F2N3O4. The molecule has 140 valence electrons. The molecule has 1 atom stereocenters. The van der Waals surface area contributed by atoms with Gasteiger partial charge in [-0.1, -0.05) is 6.07 Å². The number of carbonyl (C=O) groups is 2. The molecule has 1 fully saturated rings. The average molecular weight is 375 g/mol. The maximum atomic E-state index is 13.4. The highest BCUT2D eigenvalue weighted by atomic mass is 19.2. The third-order valence-corrected chi connectivity index (χ3v) is 4.50. The predicted octanol–water partition coefficient (Wildman–Crippen LogP) is 3.17. The summed E-state index contributed by atoms with van der Waals surface area (Å²) >= 11 is 0. The summed E-state index contributed by atoms with van der Waals surface area (Å²) < 4.78 is 26.5. The highest BCUT2D eigenvalue weighted by Gasteiger charge is 2.38. The van der Waals surface area contributed by atoms with E-state index in [0.717, 1.165) is 12.1 Å². The lowest BCUT2D eigenvalue weighted by molar-refractivity contribution is -0.385. The van der Waals surface area contributed by atoms with E-state index in [4.69, 9.17) is 0 Å². The molecule has 1 aliphatic rings. The van der Waals surface area contributed by atoms with Crippen LogP contribution in [-0.2, 0) is 9.59 Å². The third kappa shape index (κ3) is 3.48. The second-order valence-corrected chi connectivity index (χ2v) is 6.13. The van der Waals surface area contributed by atoms with E-state index in [-0.39, 0.29) is 35.6 Å². The van der Waals surface area contributed by atoms with Gasteiger partial charge in [-0.25, -0.2) is 8.78 Å². The van der Waals surface area contributed by atoms with Gasteiger partial charge in [-0.3, -0.25) is 19.7 Å². The Morgan fingerprint density at radius 2 is 2.00 bits per heavy atom.